The van der Waals surface area contributed by atoms with Gasteiger partial charge in [-0.05, 0) is 36.4 Å². The second-order valence-electron chi connectivity index (χ2n) is 4.39. The third-order valence-corrected chi connectivity index (χ3v) is 3.05. The molecule has 0 radical (unpaired) electrons. The number of methoxy groups -OCH3 is 1. The fourth-order valence-electron chi connectivity index (χ4n) is 1.73. The summed E-state index contributed by atoms with van der Waals surface area (Å²) in [6.45, 7) is 0. The van der Waals surface area contributed by atoms with Crippen LogP contribution in [0, 0.1) is 11.6 Å². The van der Waals surface area contributed by atoms with Gasteiger partial charge in [-0.2, -0.15) is 0 Å². The van der Waals surface area contributed by atoms with Crippen molar-refractivity contribution in [1.29, 1.82) is 0 Å². The molecule has 2 amide bonds. The van der Waals surface area contributed by atoms with Gasteiger partial charge in [-0.15, -0.1) is 0 Å². The molecular formula is C15H11ClF2N2O3. The molecule has 0 aliphatic carbocycles. The van der Waals surface area contributed by atoms with E-state index in [-0.39, 0.29) is 22.0 Å². The Labute approximate surface area is 135 Å². The van der Waals surface area contributed by atoms with Crippen molar-refractivity contribution in [2.24, 2.45) is 0 Å². The molecule has 0 aliphatic rings. The summed E-state index contributed by atoms with van der Waals surface area (Å²) in [5.41, 5.74) is -0.298. The van der Waals surface area contributed by atoms with Crippen LogP contribution in [0.4, 0.5) is 25.0 Å². The lowest BCUT2D eigenvalue weighted by Crippen LogP contribution is -2.15. The molecule has 0 aliphatic heterocycles. The predicted octanol–water partition coefficient (Wildman–Crippen LogP) is 4.05. The van der Waals surface area contributed by atoms with E-state index in [0.29, 0.717) is 0 Å². The Kier molecular flexibility index (Phi) is 5.13. The SMILES string of the molecule is COC(=O)Nc1cc(NC(=O)c2cc(Cl)ccc2F)ccc1F. The van der Waals surface area contributed by atoms with Gasteiger partial charge in [0.1, 0.15) is 11.6 Å². The molecule has 0 bridgehead atoms. The first kappa shape index (κ1) is 16.7. The topological polar surface area (TPSA) is 67.4 Å². The molecule has 2 N–H and O–H groups in total. The zero-order valence-electron chi connectivity index (χ0n) is 11.8. The van der Waals surface area contributed by atoms with Crippen molar-refractivity contribution in [3.05, 3.63) is 58.6 Å². The van der Waals surface area contributed by atoms with Crippen molar-refractivity contribution in [3.63, 3.8) is 0 Å². The number of ether oxygens (including phenoxy) is 1. The van der Waals surface area contributed by atoms with Crippen molar-refractivity contribution in [1.82, 2.24) is 0 Å². The first-order valence-corrected chi connectivity index (χ1v) is 6.69. The molecule has 2 aromatic carbocycles. The number of amides is 2. The van der Waals surface area contributed by atoms with Crippen LogP contribution in [0.15, 0.2) is 36.4 Å². The van der Waals surface area contributed by atoms with Gasteiger partial charge < -0.3 is 10.1 Å². The van der Waals surface area contributed by atoms with Gasteiger partial charge in [-0.1, -0.05) is 11.6 Å². The molecule has 5 nitrogen and oxygen atoms in total. The molecule has 2 aromatic rings. The molecule has 120 valence electrons. The van der Waals surface area contributed by atoms with E-state index in [1.807, 2.05) is 0 Å². The lowest BCUT2D eigenvalue weighted by Gasteiger charge is -2.10. The van der Waals surface area contributed by atoms with Gasteiger partial charge in [0.2, 0.25) is 0 Å². The van der Waals surface area contributed by atoms with Crippen molar-refractivity contribution < 1.29 is 23.1 Å². The minimum Gasteiger partial charge on any atom is -0.453 e. The maximum atomic E-state index is 13.6. The first-order valence-electron chi connectivity index (χ1n) is 6.31. The standard InChI is InChI=1S/C15H11ClF2N2O3/c1-23-15(22)20-13-7-9(3-5-12(13)18)19-14(21)10-6-8(16)2-4-11(10)17/h2-7H,1H3,(H,19,21)(H,20,22). The molecule has 8 heteroatoms. The average molecular weight is 341 g/mol. The Morgan fingerprint density at radius 3 is 2.43 bits per heavy atom. The molecular weight excluding hydrogens is 330 g/mol. The molecule has 0 unspecified atom stereocenters. The summed E-state index contributed by atoms with van der Waals surface area (Å²) in [4.78, 5) is 23.2. The largest absolute Gasteiger partial charge is 0.453 e. The lowest BCUT2D eigenvalue weighted by atomic mass is 10.2. The minimum absolute atomic E-state index is 0.155. The summed E-state index contributed by atoms with van der Waals surface area (Å²) >= 11 is 5.73. The quantitative estimate of drug-likeness (QED) is 0.885. The van der Waals surface area contributed by atoms with Gasteiger partial charge in [0, 0.05) is 10.7 Å². The highest BCUT2D eigenvalue weighted by molar-refractivity contribution is 6.31. The number of carbonyl (C=O) groups is 2. The molecule has 0 spiro atoms. The van der Waals surface area contributed by atoms with Crippen LogP contribution in [0.1, 0.15) is 10.4 Å². The molecule has 23 heavy (non-hydrogen) atoms. The number of carbonyl (C=O) groups excluding carboxylic acids is 2. The highest BCUT2D eigenvalue weighted by atomic mass is 35.5. The number of benzene rings is 2. The average Bonchev–Trinajstić information content (AvgIpc) is 2.52. The summed E-state index contributed by atoms with van der Waals surface area (Å²) in [6.07, 6.45) is -0.867. The fraction of sp³-hybridized carbons (Fsp3) is 0.0667. The summed E-state index contributed by atoms with van der Waals surface area (Å²) < 4.78 is 31.6. The van der Waals surface area contributed by atoms with Crippen LogP contribution in [-0.4, -0.2) is 19.1 Å². The second-order valence-corrected chi connectivity index (χ2v) is 4.83. The number of nitrogens with one attached hydrogen (secondary N) is 2. The Morgan fingerprint density at radius 1 is 1.04 bits per heavy atom. The molecule has 0 saturated carbocycles. The number of rotatable bonds is 3. The maximum Gasteiger partial charge on any atom is 0.411 e. The maximum absolute atomic E-state index is 13.6. The van der Waals surface area contributed by atoms with Crippen LogP contribution in [0.2, 0.25) is 5.02 Å². The van der Waals surface area contributed by atoms with Crippen molar-refractivity contribution >= 4 is 35.0 Å². The van der Waals surface area contributed by atoms with E-state index in [9.17, 15) is 18.4 Å². The fourth-order valence-corrected chi connectivity index (χ4v) is 1.90. The normalized spacial score (nSPS) is 10.1. The zero-order valence-corrected chi connectivity index (χ0v) is 12.6. The van der Waals surface area contributed by atoms with Gasteiger partial charge in [0.05, 0.1) is 18.4 Å². The van der Waals surface area contributed by atoms with Crippen molar-refractivity contribution in [2.45, 2.75) is 0 Å². The molecule has 0 heterocycles. The Hall–Kier alpha value is -2.67. The summed E-state index contributed by atoms with van der Waals surface area (Å²) in [6, 6.07) is 7.01. The Bertz CT molecular complexity index is 768. The van der Waals surface area contributed by atoms with Crippen LogP contribution >= 0.6 is 11.6 Å². The summed E-state index contributed by atoms with van der Waals surface area (Å²) in [7, 11) is 1.13. The van der Waals surface area contributed by atoms with Gasteiger partial charge in [0.25, 0.3) is 5.91 Å². The van der Waals surface area contributed by atoms with E-state index >= 15 is 0 Å². The van der Waals surface area contributed by atoms with E-state index in [1.165, 1.54) is 24.3 Å². The van der Waals surface area contributed by atoms with Crippen LogP contribution in [0.25, 0.3) is 0 Å². The van der Waals surface area contributed by atoms with Gasteiger partial charge in [-0.25, -0.2) is 13.6 Å². The number of hydrogen-bond donors (Lipinski definition) is 2. The molecule has 2 rings (SSSR count). The van der Waals surface area contributed by atoms with E-state index in [2.05, 4.69) is 15.4 Å². The monoisotopic (exact) mass is 340 g/mol. The highest BCUT2D eigenvalue weighted by Gasteiger charge is 2.14. The van der Waals surface area contributed by atoms with Crippen LogP contribution in [-0.2, 0) is 4.74 Å². The second kappa shape index (κ2) is 7.06. The third kappa shape index (κ3) is 4.17. The van der Waals surface area contributed by atoms with E-state index in [4.69, 9.17) is 11.6 Å². The van der Waals surface area contributed by atoms with Crippen LogP contribution in [0.5, 0.6) is 0 Å². The third-order valence-electron chi connectivity index (χ3n) is 2.82. The number of hydrogen-bond acceptors (Lipinski definition) is 3. The smallest absolute Gasteiger partial charge is 0.411 e. The Balaban J connectivity index is 2.22. The highest BCUT2D eigenvalue weighted by Crippen LogP contribution is 2.21. The number of anilines is 2. The van der Waals surface area contributed by atoms with Crippen molar-refractivity contribution in [3.8, 4) is 0 Å². The van der Waals surface area contributed by atoms with Gasteiger partial charge in [-0.3, -0.25) is 10.1 Å². The summed E-state index contributed by atoms with van der Waals surface area (Å²) in [5, 5.41) is 4.74. The molecule has 0 atom stereocenters. The molecule has 0 fully saturated rings. The number of halogens is 3. The predicted molar refractivity (Wildman–Crippen MR) is 81.8 cm³/mol. The van der Waals surface area contributed by atoms with E-state index in [1.54, 1.807) is 0 Å². The van der Waals surface area contributed by atoms with Crippen LogP contribution < -0.4 is 10.6 Å². The zero-order chi connectivity index (χ0) is 17.0. The van der Waals surface area contributed by atoms with Gasteiger partial charge >= 0.3 is 6.09 Å². The lowest BCUT2D eigenvalue weighted by molar-refractivity contribution is 0.102. The minimum atomic E-state index is -0.867. The Morgan fingerprint density at radius 2 is 1.74 bits per heavy atom. The summed E-state index contributed by atoms with van der Waals surface area (Å²) in [5.74, 6) is -2.23. The van der Waals surface area contributed by atoms with Crippen LogP contribution in [0.3, 0.4) is 0 Å². The van der Waals surface area contributed by atoms with Crippen molar-refractivity contribution in [2.75, 3.05) is 17.7 Å². The van der Waals surface area contributed by atoms with E-state index < -0.39 is 23.6 Å². The molecule has 0 aromatic heterocycles. The molecule has 0 saturated heterocycles. The van der Waals surface area contributed by atoms with E-state index in [0.717, 1.165) is 19.2 Å². The first-order chi connectivity index (χ1) is 10.9. The van der Waals surface area contributed by atoms with Gasteiger partial charge in [0.15, 0.2) is 0 Å².